The Morgan fingerprint density at radius 1 is 0.969 bits per heavy atom. The molecule has 1 N–H and O–H groups in total. The number of piperazine rings is 1. The van der Waals surface area contributed by atoms with Gasteiger partial charge in [0.15, 0.2) is 5.82 Å². The molecule has 2 bridgehead atoms. The highest BCUT2D eigenvalue weighted by atomic mass is 15.4. The monoisotopic (exact) mass is 424 g/mol. The maximum atomic E-state index is 5.14. The molecule has 0 aliphatic carbocycles. The van der Waals surface area contributed by atoms with Crippen molar-refractivity contribution in [1.82, 2.24) is 19.7 Å². The van der Waals surface area contributed by atoms with Crippen LogP contribution < -0.4 is 10.2 Å². The van der Waals surface area contributed by atoms with Crippen LogP contribution in [-0.4, -0.2) is 51.4 Å². The molecule has 2 atom stereocenters. The molecule has 4 aromatic rings. The number of likely N-dealkylation sites (N-methyl/N-ethyl adjacent to an activating group) is 1. The first-order valence-corrected chi connectivity index (χ1v) is 11.5. The summed E-state index contributed by atoms with van der Waals surface area (Å²) in [4.78, 5) is 9.66. The van der Waals surface area contributed by atoms with Gasteiger partial charge in [-0.2, -0.15) is 0 Å². The molecular formula is C26H28N6. The lowest BCUT2D eigenvalue weighted by molar-refractivity contribution is 0.251. The lowest BCUT2D eigenvalue weighted by atomic mass is 10.2. The maximum Gasteiger partial charge on any atom is 0.159 e. The van der Waals surface area contributed by atoms with E-state index in [2.05, 4.69) is 86.3 Å². The molecule has 6 nitrogen and oxygen atoms in total. The molecule has 2 aliphatic rings. The lowest BCUT2D eigenvalue weighted by Crippen LogP contribution is -2.46. The second kappa shape index (κ2) is 7.95. The van der Waals surface area contributed by atoms with Crippen LogP contribution in [0.15, 0.2) is 72.9 Å². The number of benzene rings is 2. The van der Waals surface area contributed by atoms with Gasteiger partial charge in [-0.05, 0) is 36.7 Å². The second-order valence-corrected chi connectivity index (χ2v) is 8.77. The molecule has 0 saturated carbocycles. The Morgan fingerprint density at radius 2 is 1.81 bits per heavy atom. The predicted molar refractivity (Wildman–Crippen MR) is 129 cm³/mol. The molecule has 2 aromatic heterocycles. The molecule has 32 heavy (non-hydrogen) atoms. The highest BCUT2D eigenvalue weighted by Crippen LogP contribution is 2.37. The van der Waals surface area contributed by atoms with Crippen molar-refractivity contribution in [2.45, 2.75) is 32.0 Å². The molecule has 0 spiro atoms. The van der Waals surface area contributed by atoms with Gasteiger partial charge in [0.1, 0.15) is 5.82 Å². The summed E-state index contributed by atoms with van der Waals surface area (Å²) < 4.78 is 2.07. The number of fused-ring (bicyclic) bond motifs is 3. The number of nitrogens with zero attached hydrogens (tertiary/aromatic N) is 5. The van der Waals surface area contributed by atoms with Gasteiger partial charge in [-0.15, -0.1) is 5.10 Å². The number of hydrogen-bond acceptors (Lipinski definition) is 5. The predicted octanol–water partition coefficient (Wildman–Crippen LogP) is 4.32. The Bertz CT molecular complexity index is 1230. The Kier molecular flexibility index (Phi) is 4.80. The smallest absolute Gasteiger partial charge is 0.159 e. The minimum absolute atomic E-state index is 0.562. The van der Waals surface area contributed by atoms with Crippen molar-refractivity contribution in [3.63, 3.8) is 0 Å². The average Bonchev–Trinajstić information content (AvgIpc) is 3.56. The third kappa shape index (κ3) is 3.31. The van der Waals surface area contributed by atoms with Crippen molar-refractivity contribution in [2.75, 3.05) is 29.9 Å². The van der Waals surface area contributed by atoms with E-state index in [-0.39, 0.29) is 0 Å². The van der Waals surface area contributed by atoms with Crippen LogP contribution in [-0.2, 0) is 6.54 Å². The van der Waals surface area contributed by atoms with Crippen molar-refractivity contribution >= 4 is 22.5 Å². The number of para-hydroxylation sites is 1. The number of nitrogens with one attached hydrogen (secondary N) is 1. The maximum absolute atomic E-state index is 5.14. The van der Waals surface area contributed by atoms with Gasteiger partial charge < -0.3 is 10.2 Å². The van der Waals surface area contributed by atoms with E-state index in [0.717, 1.165) is 49.0 Å². The van der Waals surface area contributed by atoms with Crippen molar-refractivity contribution in [3.8, 4) is 5.69 Å². The fourth-order valence-corrected chi connectivity index (χ4v) is 5.29. The third-order valence-corrected chi connectivity index (χ3v) is 6.90. The van der Waals surface area contributed by atoms with E-state index in [0.29, 0.717) is 12.1 Å². The fraction of sp³-hybridized carbons (Fsp3) is 0.308. The quantitative estimate of drug-likeness (QED) is 0.500. The standard InChI is InChI=1S/C26H28N6/c1-2-30-17-22-14-21(30)18-31(22)26-23-10-6-7-11-24(23)32(29-26)20-12-13-27-25(15-20)28-16-19-8-4-3-5-9-19/h3-13,15,21-22H,2,14,16-18H2,1H3,(H,27,28). The van der Waals surface area contributed by atoms with Crippen LogP contribution in [0.1, 0.15) is 18.9 Å². The summed E-state index contributed by atoms with van der Waals surface area (Å²) in [5.41, 5.74) is 3.40. The molecule has 6 rings (SSSR count). The van der Waals surface area contributed by atoms with Crippen LogP contribution in [0.25, 0.3) is 16.6 Å². The SMILES string of the molecule is CCN1CC2CC1CN2c1nn(-c2ccnc(NCc3ccccc3)c2)c2ccccc12. The summed E-state index contributed by atoms with van der Waals surface area (Å²) in [6.07, 6.45) is 3.10. The number of likely N-dealkylation sites (tertiary alicyclic amines) is 1. The second-order valence-electron chi connectivity index (χ2n) is 8.77. The molecule has 2 unspecified atom stereocenters. The first-order valence-electron chi connectivity index (χ1n) is 11.5. The zero-order valence-corrected chi connectivity index (χ0v) is 18.4. The highest BCUT2D eigenvalue weighted by molar-refractivity contribution is 5.92. The highest BCUT2D eigenvalue weighted by Gasteiger charge is 2.43. The van der Waals surface area contributed by atoms with Gasteiger partial charge in [0.25, 0.3) is 0 Å². The number of aromatic nitrogens is 3. The molecule has 6 heteroatoms. The van der Waals surface area contributed by atoms with E-state index < -0.39 is 0 Å². The Balaban J connectivity index is 1.32. The van der Waals surface area contributed by atoms with Crippen molar-refractivity contribution < 1.29 is 0 Å². The van der Waals surface area contributed by atoms with E-state index in [1.165, 1.54) is 17.4 Å². The summed E-state index contributed by atoms with van der Waals surface area (Å²) >= 11 is 0. The number of anilines is 2. The van der Waals surface area contributed by atoms with Gasteiger partial charge in [-0.3, -0.25) is 4.90 Å². The van der Waals surface area contributed by atoms with Gasteiger partial charge in [-0.1, -0.05) is 49.4 Å². The van der Waals surface area contributed by atoms with Crippen LogP contribution in [0.2, 0.25) is 0 Å². The van der Waals surface area contributed by atoms with Gasteiger partial charge in [-0.25, -0.2) is 9.67 Å². The van der Waals surface area contributed by atoms with Gasteiger partial charge >= 0.3 is 0 Å². The average molecular weight is 425 g/mol. The van der Waals surface area contributed by atoms with E-state index in [1.54, 1.807) is 0 Å². The Morgan fingerprint density at radius 3 is 2.62 bits per heavy atom. The van der Waals surface area contributed by atoms with Crippen molar-refractivity contribution in [2.24, 2.45) is 0 Å². The normalized spacial score (nSPS) is 20.3. The molecule has 0 radical (unpaired) electrons. The largest absolute Gasteiger partial charge is 0.366 e. The molecular weight excluding hydrogens is 396 g/mol. The zero-order valence-electron chi connectivity index (χ0n) is 18.4. The minimum Gasteiger partial charge on any atom is -0.366 e. The van der Waals surface area contributed by atoms with Crippen LogP contribution in [0.5, 0.6) is 0 Å². The van der Waals surface area contributed by atoms with E-state index >= 15 is 0 Å². The molecule has 2 aliphatic heterocycles. The van der Waals surface area contributed by atoms with Crippen LogP contribution >= 0.6 is 0 Å². The number of rotatable bonds is 6. The van der Waals surface area contributed by atoms with Crippen LogP contribution in [0.4, 0.5) is 11.6 Å². The summed E-state index contributed by atoms with van der Waals surface area (Å²) in [5, 5.41) is 9.81. The van der Waals surface area contributed by atoms with Gasteiger partial charge in [0, 0.05) is 49.4 Å². The Labute approximate surface area is 188 Å². The Hall–Kier alpha value is -3.38. The van der Waals surface area contributed by atoms with Crippen LogP contribution in [0.3, 0.4) is 0 Å². The van der Waals surface area contributed by atoms with Gasteiger partial charge in [0.2, 0.25) is 0 Å². The first-order chi connectivity index (χ1) is 15.8. The molecule has 2 fully saturated rings. The molecule has 2 aromatic carbocycles. The number of hydrogen-bond donors (Lipinski definition) is 1. The van der Waals surface area contributed by atoms with E-state index in [9.17, 15) is 0 Å². The van der Waals surface area contributed by atoms with E-state index in [1.807, 2.05) is 18.3 Å². The minimum atomic E-state index is 0.562. The molecule has 162 valence electrons. The van der Waals surface area contributed by atoms with Gasteiger partial charge in [0.05, 0.1) is 11.2 Å². The number of pyridine rings is 1. The molecule has 4 heterocycles. The summed E-state index contributed by atoms with van der Waals surface area (Å²) in [6.45, 7) is 6.36. The van der Waals surface area contributed by atoms with Crippen molar-refractivity contribution in [1.29, 1.82) is 0 Å². The van der Waals surface area contributed by atoms with Crippen molar-refractivity contribution in [3.05, 3.63) is 78.5 Å². The van der Waals surface area contributed by atoms with E-state index in [4.69, 9.17) is 5.10 Å². The van der Waals surface area contributed by atoms with Crippen LogP contribution in [0, 0.1) is 0 Å². The summed E-state index contributed by atoms with van der Waals surface area (Å²) in [6, 6.07) is 24.3. The summed E-state index contributed by atoms with van der Waals surface area (Å²) in [5.74, 6) is 1.96. The topological polar surface area (TPSA) is 49.2 Å². The molecule has 0 amide bonds. The molecule has 2 saturated heterocycles. The zero-order chi connectivity index (χ0) is 21.5. The first kappa shape index (κ1) is 19.3. The summed E-state index contributed by atoms with van der Waals surface area (Å²) in [7, 11) is 0. The third-order valence-electron chi connectivity index (χ3n) is 6.90. The lowest BCUT2D eigenvalue weighted by Gasteiger charge is -2.33. The fourth-order valence-electron chi connectivity index (χ4n) is 5.29.